The zero-order valence-corrected chi connectivity index (χ0v) is 10.7. The van der Waals surface area contributed by atoms with Crippen molar-refractivity contribution in [3.8, 4) is 0 Å². The highest BCUT2D eigenvalue weighted by Crippen LogP contribution is 1.96. The van der Waals surface area contributed by atoms with Gasteiger partial charge in [-0.3, -0.25) is 0 Å². The standard InChI is InChI=1S/C12H21NO4/c1-9(2)5-6-13-12(15)17-8-7-16-11(14)10(3)4/h9H,3,5-8H2,1-2,4H3,(H,13,15). The molecule has 5 heteroatoms. The van der Waals surface area contributed by atoms with E-state index in [1.807, 2.05) is 0 Å². The number of hydrogen-bond acceptors (Lipinski definition) is 4. The van der Waals surface area contributed by atoms with E-state index >= 15 is 0 Å². The maximum atomic E-state index is 11.1. The Hall–Kier alpha value is -1.52. The van der Waals surface area contributed by atoms with Gasteiger partial charge in [0.25, 0.3) is 0 Å². The Bertz CT molecular complexity index is 274. The third-order valence-corrected chi connectivity index (χ3v) is 1.89. The lowest BCUT2D eigenvalue weighted by molar-refractivity contribution is -0.139. The van der Waals surface area contributed by atoms with Gasteiger partial charge in [-0.1, -0.05) is 20.4 Å². The molecule has 1 N–H and O–H groups in total. The Morgan fingerprint density at radius 2 is 1.82 bits per heavy atom. The quantitative estimate of drug-likeness (QED) is 0.421. The minimum Gasteiger partial charge on any atom is -0.459 e. The van der Waals surface area contributed by atoms with Gasteiger partial charge in [0.2, 0.25) is 0 Å². The van der Waals surface area contributed by atoms with Crippen molar-refractivity contribution >= 4 is 12.1 Å². The van der Waals surface area contributed by atoms with E-state index in [0.29, 0.717) is 18.0 Å². The first kappa shape index (κ1) is 15.5. The SMILES string of the molecule is C=C(C)C(=O)OCCOC(=O)NCCC(C)C. The number of hydrogen-bond donors (Lipinski definition) is 1. The number of carbonyl (C=O) groups is 2. The Kier molecular flexibility index (Phi) is 7.84. The molecule has 0 spiro atoms. The summed E-state index contributed by atoms with van der Waals surface area (Å²) in [7, 11) is 0. The number of esters is 1. The number of alkyl carbamates (subject to hydrolysis) is 1. The molecule has 0 atom stereocenters. The molecule has 0 unspecified atom stereocenters. The van der Waals surface area contributed by atoms with Crippen LogP contribution >= 0.6 is 0 Å². The molecule has 0 fully saturated rings. The van der Waals surface area contributed by atoms with E-state index < -0.39 is 12.1 Å². The molecule has 0 rings (SSSR count). The normalized spacial score (nSPS) is 9.88. The highest BCUT2D eigenvalue weighted by atomic mass is 16.6. The molecule has 5 nitrogen and oxygen atoms in total. The van der Waals surface area contributed by atoms with Gasteiger partial charge >= 0.3 is 12.1 Å². The molecule has 0 saturated carbocycles. The fraction of sp³-hybridized carbons (Fsp3) is 0.667. The molecular weight excluding hydrogens is 222 g/mol. The molecule has 1 amide bonds. The van der Waals surface area contributed by atoms with Crippen molar-refractivity contribution in [2.24, 2.45) is 5.92 Å². The Balaban J connectivity index is 3.45. The van der Waals surface area contributed by atoms with E-state index in [4.69, 9.17) is 9.47 Å². The minimum absolute atomic E-state index is 0.0449. The van der Waals surface area contributed by atoms with Gasteiger partial charge in [0.15, 0.2) is 0 Å². The number of ether oxygens (including phenoxy) is 2. The van der Waals surface area contributed by atoms with Gasteiger partial charge in [0.1, 0.15) is 13.2 Å². The monoisotopic (exact) mass is 243 g/mol. The first-order valence-electron chi connectivity index (χ1n) is 5.66. The lowest BCUT2D eigenvalue weighted by Crippen LogP contribution is -2.27. The second-order valence-corrected chi connectivity index (χ2v) is 4.16. The van der Waals surface area contributed by atoms with Crippen LogP contribution in [0.5, 0.6) is 0 Å². The van der Waals surface area contributed by atoms with Crippen molar-refractivity contribution in [3.05, 3.63) is 12.2 Å². The predicted octanol–water partition coefficient (Wildman–Crippen LogP) is 1.88. The summed E-state index contributed by atoms with van der Waals surface area (Å²) >= 11 is 0. The number of amides is 1. The van der Waals surface area contributed by atoms with Gasteiger partial charge < -0.3 is 14.8 Å². The zero-order chi connectivity index (χ0) is 13.3. The van der Waals surface area contributed by atoms with Crippen LogP contribution in [0.2, 0.25) is 0 Å². The average Bonchev–Trinajstić information content (AvgIpc) is 2.23. The molecule has 0 aliphatic rings. The van der Waals surface area contributed by atoms with E-state index in [0.717, 1.165) is 6.42 Å². The van der Waals surface area contributed by atoms with Crippen LogP contribution in [0.1, 0.15) is 27.2 Å². The second kappa shape index (κ2) is 8.61. The number of nitrogens with one attached hydrogen (secondary N) is 1. The van der Waals surface area contributed by atoms with Crippen LogP contribution in [0.25, 0.3) is 0 Å². The smallest absolute Gasteiger partial charge is 0.407 e. The van der Waals surface area contributed by atoms with Crippen molar-refractivity contribution in [1.29, 1.82) is 0 Å². The Morgan fingerprint density at radius 3 is 2.35 bits per heavy atom. The van der Waals surface area contributed by atoms with E-state index in [9.17, 15) is 9.59 Å². The van der Waals surface area contributed by atoms with Crippen LogP contribution in [-0.2, 0) is 14.3 Å². The first-order valence-corrected chi connectivity index (χ1v) is 5.66. The molecule has 0 saturated heterocycles. The summed E-state index contributed by atoms with van der Waals surface area (Å²) in [6.07, 6.45) is 0.414. The van der Waals surface area contributed by atoms with Crippen LogP contribution in [0.15, 0.2) is 12.2 Å². The molecule has 0 aromatic heterocycles. The fourth-order valence-electron chi connectivity index (χ4n) is 0.906. The summed E-state index contributed by atoms with van der Waals surface area (Å²) in [4.78, 5) is 22.1. The Morgan fingerprint density at radius 1 is 1.24 bits per heavy atom. The highest BCUT2D eigenvalue weighted by Gasteiger charge is 2.05. The van der Waals surface area contributed by atoms with Crippen molar-refractivity contribution in [2.75, 3.05) is 19.8 Å². The Labute approximate surface area is 102 Å². The van der Waals surface area contributed by atoms with Gasteiger partial charge in [0, 0.05) is 12.1 Å². The lowest BCUT2D eigenvalue weighted by Gasteiger charge is -2.08. The maximum absolute atomic E-state index is 11.1. The van der Waals surface area contributed by atoms with Gasteiger partial charge in [0.05, 0.1) is 0 Å². The van der Waals surface area contributed by atoms with Crippen molar-refractivity contribution in [2.45, 2.75) is 27.2 Å². The summed E-state index contributed by atoms with van der Waals surface area (Å²) < 4.78 is 9.55. The van der Waals surface area contributed by atoms with E-state index in [1.165, 1.54) is 0 Å². The number of carbonyl (C=O) groups excluding carboxylic acids is 2. The maximum Gasteiger partial charge on any atom is 0.407 e. The topological polar surface area (TPSA) is 64.6 Å². The summed E-state index contributed by atoms with van der Waals surface area (Å²) in [6.45, 7) is 9.81. The van der Waals surface area contributed by atoms with E-state index in [1.54, 1.807) is 6.92 Å². The zero-order valence-electron chi connectivity index (χ0n) is 10.7. The van der Waals surface area contributed by atoms with Gasteiger partial charge in [-0.05, 0) is 19.3 Å². The first-order chi connectivity index (χ1) is 7.93. The lowest BCUT2D eigenvalue weighted by atomic mass is 10.1. The summed E-state index contributed by atoms with van der Waals surface area (Å²) in [5.74, 6) is 0.0561. The van der Waals surface area contributed by atoms with Crippen LogP contribution in [-0.4, -0.2) is 31.8 Å². The van der Waals surface area contributed by atoms with E-state index in [2.05, 4.69) is 25.7 Å². The van der Waals surface area contributed by atoms with Crippen LogP contribution < -0.4 is 5.32 Å². The van der Waals surface area contributed by atoms with Crippen LogP contribution in [0.4, 0.5) is 4.79 Å². The van der Waals surface area contributed by atoms with Gasteiger partial charge in [-0.15, -0.1) is 0 Å². The fourth-order valence-corrected chi connectivity index (χ4v) is 0.906. The third-order valence-electron chi connectivity index (χ3n) is 1.89. The molecule has 0 bridgehead atoms. The largest absolute Gasteiger partial charge is 0.459 e. The molecule has 0 aromatic rings. The predicted molar refractivity (Wildman–Crippen MR) is 64.6 cm³/mol. The van der Waals surface area contributed by atoms with Gasteiger partial charge in [-0.2, -0.15) is 0 Å². The molecule has 0 aliphatic heterocycles. The summed E-state index contributed by atoms with van der Waals surface area (Å²) in [5.41, 5.74) is 0.325. The van der Waals surface area contributed by atoms with Gasteiger partial charge in [-0.25, -0.2) is 9.59 Å². The second-order valence-electron chi connectivity index (χ2n) is 4.16. The molecule has 98 valence electrons. The van der Waals surface area contributed by atoms with Crippen molar-refractivity contribution < 1.29 is 19.1 Å². The summed E-state index contributed by atoms with van der Waals surface area (Å²) in [5, 5.41) is 2.61. The molecule has 0 aromatic carbocycles. The van der Waals surface area contributed by atoms with Crippen molar-refractivity contribution in [3.63, 3.8) is 0 Å². The van der Waals surface area contributed by atoms with E-state index in [-0.39, 0.29) is 13.2 Å². The molecule has 0 aliphatic carbocycles. The average molecular weight is 243 g/mol. The third kappa shape index (κ3) is 9.41. The van der Waals surface area contributed by atoms with Crippen molar-refractivity contribution in [1.82, 2.24) is 5.32 Å². The summed E-state index contributed by atoms with van der Waals surface area (Å²) in [6, 6.07) is 0. The molecule has 0 radical (unpaired) electrons. The number of rotatable bonds is 7. The van der Waals surface area contributed by atoms with Crippen LogP contribution in [0.3, 0.4) is 0 Å². The molecule has 17 heavy (non-hydrogen) atoms. The van der Waals surface area contributed by atoms with Crippen LogP contribution in [0, 0.1) is 5.92 Å². The highest BCUT2D eigenvalue weighted by molar-refractivity contribution is 5.86. The minimum atomic E-state index is -0.489. The molecular formula is C12H21NO4. The molecule has 0 heterocycles.